The standard InChI is InChI=1S/C9H11BrN4O2/c1-6(10)2-13-3-7(4-13)14-5-8(9(15)16)11-12-14/h5,7H,1-4H2,(H,15,16). The molecule has 7 heteroatoms. The molecule has 1 aromatic rings. The van der Waals surface area contributed by atoms with Crippen molar-refractivity contribution in [2.24, 2.45) is 0 Å². The number of hydrogen-bond donors (Lipinski definition) is 1. The second kappa shape index (κ2) is 4.34. The number of carboxylic acids is 1. The highest BCUT2D eigenvalue weighted by Gasteiger charge is 2.29. The van der Waals surface area contributed by atoms with Crippen molar-refractivity contribution in [1.82, 2.24) is 19.9 Å². The highest BCUT2D eigenvalue weighted by molar-refractivity contribution is 9.11. The number of likely N-dealkylation sites (tertiary alicyclic amines) is 1. The van der Waals surface area contributed by atoms with Gasteiger partial charge in [0.25, 0.3) is 0 Å². The third kappa shape index (κ3) is 2.30. The quantitative estimate of drug-likeness (QED) is 0.884. The Morgan fingerprint density at radius 2 is 2.38 bits per heavy atom. The Labute approximate surface area is 101 Å². The molecule has 1 saturated heterocycles. The smallest absolute Gasteiger partial charge is 0.358 e. The molecule has 2 rings (SSSR count). The molecule has 0 amide bonds. The largest absolute Gasteiger partial charge is 0.476 e. The van der Waals surface area contributed by atoms with Crippen LogP contribution in [0, 0.1) is 0 Å². The first-order chi connectivity index (χ1) is 7.56. The van der Waals surface area contributed by atoms with Crippen molar-refractivity contribution >= 4 is 21.9 Å². The zero-order chi connectivity index (χ0) is 11.7. The van der Waals surface area contributed by atoms with Crippen LogP contribution < -0.4 is 0 Å². The first kappa shape index (κ1) is 11.3. The fourth-order valence-corrected chi connectivity index (χ4v) is 1.99. The molecule has 0 saturated carbocycles. The number of nitrogens with zero attached hydrogens (tertiary/aromatic N) is 4. The SMILES string of the molecule is C=C(Br)CN1CC(n2cc(C(=O)O)nn2)C1. The molecule has 86 valence electrons. The number of carboxylic acid groups (broad SMARTS) is 1. The van der Waals surface area contributed by atoms with Crippen molar-refractivity contribution in [2.75, 3.05) is 19.6 Å². The average Bonchev–Trinajstić information content (AvgIpc) is 2.58. The van der Waals surface area contributed by atoms with E-state index in [1.54, 1.807) is 4.68 Å². The lowest BCUT2D eigenvalue weighted by molar-refractivity contribution is 0.0690. The molecule has 6 nitrogen and oxygen atoms in total. The van der Waals surface area contributed by atoms with Crippen LogP contribution >= 0.6 is 15.9 Å². The maximum atomic E-state index is 10.6. The van der Waals surface area contributed by atoms with Crippen molar-refractivity contribution in [3.05, 3.63) is 23.0 Å². The van der Waals surface area contributed by atoms with Crippen LogP contribution in [0.1, 0.15) is 16.5 Å². The summed E-state index contributed by atoms with van der Waals surface area (Å²) in [5.74, 6) is -1.05. The Hall–Kier alpha value is -1.21. The second-order valence-corrected chi connectivity index (χ2v) is 4.88. The molecule has 0 aliphatic carbocycles. The second-order valence-electron chi connectivity index (χ2n) is 3.75. The molecule has 1 aromatic heterocycles. The van der Waals surface area contributed by atoms with Gasteiger partial charge in [-0.05, 0) is 0 Å². The predicted octanol–water partition coefficient (Wildman–Crippen LogP) is 0.742. The Bertz CT molecular complexity index is 425. The van der Waals surface area contributed by atoms with Crippen LogP contribution in [0.3, 0.4) is 0 Å². The van der Waals surface area contributed by atoms with E-state index in [-0.39, 0.29) is 11.7 Å². The summed E-state index contributed by atoms with van der Waals surface area (Å²) in [4.78, 5) is 12.8. The molecule has 0 atom stereocenters. The minimum absolute atomic E-state index is 0.0108. The van der Waals surface area contributed by atoms with Crippen molar-refractivity contribution in [3.63, 3.8) is 0 Å². The fourth-order valence-electron chi connectivity index (χ4n) is 1.63. The van der Waals surface area contributed by atoms with Gasteiger partial charge in [0, 0.05) is 24.1 Å². The van der Waals surface area contributed by atoms with Crippen LogP contribution in [-0.2, 0) is 0 Å². The van der Waals surface area contributed by atoms with E-state index in [0.717, 1.165) is 24.1 Å². The first-order valence-corrected chi connectivity index (χ1v) is 5.56. The number of carbonyl (C=O) groups is 1. The number of hydrogen-bond acceptors (Lipinski definition) is 4. The molecule has 0 unspecified atom stereocenters. The zero-order valence-electron chi connectivity index (χ0n) is 8.51. The third-order valence-corrected chi connectivity index (χ3v) is 2.69. The molecule has 1 aliphatic heterocycles. The molecule has 0 bridgehead atoms. The van der Waals surface area contributed by atoms with Crippen LogP contribution in [0.25, 0.3) is 0 Å². The lowest BCUT2D eigenvalue weighted by Crippen LogP contribution is -2.48. The van der Waals surface area contributed by atoms with Crippen molar-refractivity contribution < 1.29 is 9.90 Å². The van der Waals surface area contributed by atoms with E-state index < -0.39 is 5.97 Å². The summed E-state index contributed by atoms with van der Waals surface area (Å²) in [6.45, 7) is 6.25. The van der Waals surface area contributed by atoms with Gasteiger partial charge in [-0.2, -0.15) is 0 Å². The van der Waals surface area contributed by atoms with E-state index in [0.29, 0.717) is 0 Å². The summed E-state index contributed by atoms with van der Waals surface area (Å²) in [6.07, 6.45) is 1.47. The van der Waals surface area contributed by atoms with Gasteiger partial charge in [0.2, 0.25) is 0 Å². The van der Waals surface area contributed by atoms with Crippen molar-refractivity contribution in [3.8, 4) is 0 Å². The first-order valence-electron chi connectivity index (χ1n) is 4.77. The normalized spacial score (nSPS) is 17.1. The van der Waals surface area contributed by atoms with E-state index in [1.165, 1.54) is 6.20 Å². The number of aromatic nitrogens is 3. The molecule has 0 radical (unpaired) electrons. The van der Waals surface area contributed by atoms with Crippen LogP contribution in [0.15, 0.2) is 17.3 Å². The van der Waals surface area contributed by atoms with E-state index in [1.807, 2.05) is 0 Å². The number of aromatic carboxylic acids is 1. The Morgan fingerprint density at radius 1 is 1.69 bits per heavy atom. The van der Waals surface area contributed by atoms with Gasteiger partial charge in [-0.25, -0.2) is 9.48 Å². The van der Waals surface area contributed by atoms with Gasteiger partial charge in [0.05, 0.1) is 12.2 Å². The van der Waals surface area contributed by atoms with Crippen molar-refractivity contribution in [2.45, 2.75) is 6.04 Å². The zero-order valence-corrected chi connectivity index (χ0v) is 10.1. The van der Waals surface area contributed by atoms with Gasteiger partial charge in [0.1, 0.15) is 0 Å². The molecule has 2 heterocycles. The van der Waals surface area contributed by atoms with E-state index in [9.17, 15) is 4.79 Å². The summed E-state index contributed by atoms with van der Waals surface area (Å²) in [7, 11) is 0. The number of rotatable bonds is 4. The van der Waals surface area contributed by atoms with Crippen LogP contribution in [0.4, 0.5) is 0 Å². The van der Waals surface area contributed by atoms with Gasteiger partial charge in [-0.1, -0.05) is 27.7 Å². The monoisotopic (exact) mass is 286 g/mol. The summed E-state index contributed by atoms with van der Waals surface area (Å²) >= 11 is 3.30. The average molecular weight is 287 g/mol. The van der Waals surface area contributed by atoms with E-state index in [4.69, 9.17) is 5.11 Å². The molecule has 0 spiro atoms. The summed E-state index contributed by atoms with van der Waals surface area (Å²) in [5.41, 5.74) is -0.0108. The van der Waals surface area contributed by atoms with Gasteiger partial charge in [-0.3, -0.25) is 4.90 Å². The minimum atomic E-state index is -1.05. The summed E-state index contributed by atoms with van der Waals surface area (Å²) < 4.78 is 2.55. The Morgan fingerprint density at radius 3 is 2.88 bits per heavy atom. The molecule has 1 N–H and O–H groups in total. The molecule has 1 aliphatic rings. The van der Waals surface area contributed by atoms with E-state index in [2.05, 4.69) is 37.7 Å². The Kier molecular flexibility index (Phi) is 3.06. The van der Waals surface area contributed by atoms with Gasteiger partial charge in [-0.15, -0.1) is 5.10 Å². The van der Waals surface area contributed by atoms with Crippen molar-refractivity contribution in [1.29, 1.82) is 0 Å². The highest BCUT2D eigenvalue weighted by atomic mass is 79.9. The molecular weight excluding hydrogens is 276 g/mol. The predicted molar refractivity (Wildman–Crippen MR) is 60.5 cm³/mol. The molecule has 0 aromatic carbocycles. The maximum Gasteiger partial charge on any atom is 0.358 e. The summed E-state index contributed by atoms with van der Waals surface area (Å²) in [6, 6.07) is 0.215. The fraction of sp³-hybridized carbons (Fsp3) is 0.444. The maximum absolute atomic E-state index is 10.6. The van der Waals surface area contributed by atoms with Crippen LogP contribution in [-0.4, -0.2) is 50.6 Å². The third-order valence-electron chi connectivity index (χ3n) is 2.44. The van der Waals surface area contributed by atoms with Gasteiger partial charge < -0.3 is 5.11 Å². The lowest BCUT2D eigenvalue weighted by atomic mass is 10.1. The van der Waals surface area contributed by atoms with Gasteiger partial charge >= 0.3 is 5.97 Å². The topological polar surface area (TPSA) is 71.2 Å². The number of halogens is 1. The molecular formula is C9H11BrN4O2. The van der Waals surface area contributed by atoms with Crippen LogP contribution in [0.2, 0.25) is 0 Å². The molecule has 16 heavy (non-hydrogen) atoms. The van der Waals surface area contributed by atoms with Crippen LogP contribution in [0.5, 0.6) is 0 Å². The highest BCUT2D eigenvalue weighted by Crippen LogP contribution is 2.21. The van der Waals surface area contributed by atoms with Gasteiger partial charge in [0.15, 0.2) is 5.69 Å². The van der Waals surface area contributed by atoms with E-state index >= 15 is 0 Å². The molecule has 1 fully saturated rings. The summed E-state index contributed by atoms with van der Waals surface area (Å²) in [5, 5.41) is 16.1. The lowest BCUT2D eigenvalue weighted by Gasteiger charge is -2.38. The Balaban J connectivity index is 1.91. The minimum Gasteiger partial charge on any atom is -0.476 e.